The third-order valence-electron chi connectivity index (χ3n) is 4.34. The van der Waals surface area contributed by atoms with Gasteiger partial charge in [-0.2, -0.15) is 5.10 Å². The number of halogens is 1. The van der Waals surface area contributed by atoms with Crippen LogP contribution in [0.4, 0.5) is 0 Å². The summed E-state index contributed by atoms with van der Waals surface area (Å²) in [6, 6.07) is 0. The molecular formula is C15H26BrN3O. The van der Waals surface area contributed by atoms with Crippen molar-refractivity contribution in [3.05, 3.63) is 15.9 Å². The zero-order valence-corrected chi connectivity index (χ0v) is 14.6. The van der Waals surface area contributed by atoms with Gasteiger partial charge in [0.15, 0.2) is 0 Å². The summed E-state index contributed by atoms with van der Waals surface area (Å²) >= 11 is 3.73. The summed E-state index contributed by atoms with van der Waals surface area (Å²) < 4.78 is 8.93. The average molecular weight is 344 g/mol. The van der Waals surface area contributed by atoms with Crippen LogP contribution in [-0.4, -0.2) is 41.0 Å². The van der Waals surface area contributed by atoms with E-state index in [4.69, 9.17) is 4.74 Å². The minimum atomic E-state index is 0.353. The Morgan fingerprint density at radius 1 is 1.40 bits per heavy atom. The molecular weight excluding hydrogens is 318 g/mol. The van der Waals surface area contributed by atoms with Gasteiger partial charge in [-0.25, -0.2) is 0 Å². The number of piperidine rings is 1. The minimum absolute atomic E-state index is 0.353. The Morgan fingerprint density at radius 2 is 2.15 bits per heavy atom. The number of nitrogens with zero attached hydrogens (tertiary/aromatic N) is 3. The van der Waals surface area contributed by atoms with Crippen LogP contribution in [0.1, 0.15) is 38.6 Å². The molecule has 2 rings (SSSR count). The second kappa shape index (κ2) is 7.05. The highest BCUT2D eigenvalue weighted by atomic mass is 79.9. The monoisotopic (exact) mass is 343 g/mol. The van der Waals surface area contributed by atoms with Crippen molar-refractivity contribution in [3.63, 3.8) is 0 Å². The maximum Gasteiger partial charge on any atom is 0.0767 e. The smallest absolute Gasteiger partial charge is 0.0767 e. The first-order valence-electron chi connectivity index (χ1n) is 7.59. The van der Waals surface area contributed by atoms with E-state index in [-0.39, 0.29) is 0 Å². The zero-order valence-electron chi connectivity index (χ0n) is 13.0. The van der Waals surface area contributed by atoms with Gasteiger partial charge in [0.25, 0.3) is 0 Å². The van der Waals surface area contributed by atoms with E-state index in [2.05, 4.69) is 51.4 Å². The van der Waals surface area contributed by atoms with Gasteiger partial charge in [-0.15, -0.1) is 0 Å². The molecule has 2 unspecified atom stereocenters. The third kappa shape index (κ3) is 3.26. The van der Waals surface area contributed by atoms with Crippen molar-refractivity contribution in [3.8, 4) is 0 Å². The molecule has 0 aliphatic carbocycles. The van der Waals surface area contributed by atoms with Crippen LogP contribution < -0.4 is 0 Å². The van der Waals surface area contributed by atoms with E-state index in [0.717, 1.165) is 38.3 Å². The lowest BCUT2D eigenvalue weighted by Gasteiger charge is -2.36. The van der Waals surface area contributed by atoms with E-state index >= 15 is 0 Å². The van der Waals surface area contributed by atoms with Crippen LogP contribution in [0.25, 0.3) is 0 Å². The predicted octanol–water partition coefficient (Wildman–Crippen LogP) is 3.08. The number of aryl methyl sites for hydroxylation is 2. The molecule has 0 bridgehead atoms. The molecule has 2 heterocycles. The van der Waals surface area contributed by atoms with Gasteiger partial charge in [-0.3, -0.25) is 9.58 Å². The average Bonchev–Trinajstić information content (AvgIpc) is 2.77. The molecule has 1 saturated heterocycles. The molecule has 0 aromatic carbocycles. The van der Waals surface area contributed by atoms with Crippen LogP contribution in [0.2, 0.25) is 0 Å². The Morgan fingerprint density at radius 3 is 2.75 bits per heavy atom. The summed E-state index contributed by atoms with van der Waals surface area (Å²) in [6.45, 7) is 10.6. The number of ether oxygens (including phenoxy) is 1. The Balaban J connectivity index is 2.11. The lowest BCUT2D eigenvalue weighted by atomic mass is 9.96. The Hall–Kier alpha value is -0.390. The lowest BCUT2D eigenvalue weighted by Crippen LogP contribution is -2.43. The predicted molar refractivity (Wildman–Crippen MR) is 84.8 cm³/mol. The van der Waals surface area contributed by atoms with Crippen LogP contribution in [0.15, 0.2) is 4.47 Å². The number of aromatic nitrogens is 2. The molecule has 0 N–H and O–H groups in total. The fraction of sp³-hybridized carbons (Fsp3) is 0.800. The summed E-state index contributed by atoms with van der Waals surface area (Å²) in [5.41, 5.74) is 2.46. The van der Waals surface area contributed by atoms with Gasteiger partial charge in [-0.1, -0.05) is 13.8 Å². The first-order valence-corrected chi connectivity index (χ1v) is 8.39. The zero-order chi connectivity index (χ0) is 14.7. The number of hydrogen-bond donors (Lipinski definition) is 0. The fourth-order valence-corrected chi connectivity index (χ4v) is 3.62. The first-order chi connectivity index (χ1) is 9.60. The molecule has 0 saturated carbocycles. The fourth-order valence-electron chi connectivity index (χ4n) is 2.93. The SMILES string of the molecule is CCc1nn(CC)c(CN2CCC(C)C(OC)C2)c1Br. The molecule has 0 spiro atoms. The highest BCUT2D eigenvalue weighted by molar-refractivity contribution is 9.10. The minimum Gasteiger partial charge on any atom is -0.380 e. The van der Waals surface area contributed by atoms with Crippen LogP contribution in [0.3, 0.4) is 0 Å². The van der Waals surface area contributed by atoms with Crippen molar-refractivity contribution in [2.75, 3.05) is 20.2 Å². The lowest BCUT2D eigenvalue weighted by molar-refractivity contribution is -0.00820. The van der Waals surface area contributed by atoms with Crippen LogP contribution in [-0.2, 0) is 24.2 Å². The highest BCUT2D eigenvalue weighted by Crippen LogP contribution is 2.26. The third-order valence-corrected chi connectivity index (χ3v) is 5.26. The molecule has 1 aromatic rings. The van der Waals surface area contributed by atoms with Gasteiger partial charge in [0.2, 0.25) is 0 Å². The van der Waals surface area contributed by atoms with Gasteiger partial charge in [-0.05, 0) is 48.2 Å². The quantitative estimate of drug-likeness (QED) is 0.822. The molecule has 2 atom stereocenters. The Labute approximate surface area is 130 Å². The van der Waals surface area contributed by atoms with E-state index in [1.54, 1.807) is 0 Å². The van der Waals surface area contributed by atoms with Crippen molar-refractivity contribution >= 4 is 15.9 Å². The number of methoxy groups -OCH3 is 1. The van der Waals surface area contributed by atoms with E-state index in [0.29, 0.717) is 12.0 Å². The van der Waals surface area contributed by atoms with E-state index in [1.165, 1.54) is 16.6 Å². The highest BCUT2D eigenvalue weighted by Gasteiger charge is 2.27. The molecule has 1 aromatic heterocycles. The molecule has 1 aliphatic heterocycles. The number of hydrogen-bond acceptors (Lipinski definition) is 3. The summed E-state index contributed by atoms with van der Waals surface area (Å²) in [5.74, 6) is 0.655. The number of likely N-dealkylation sites (tertiary alicyclic amines) is 1. The first kappa shape index (κ1) is 16.0. The second-order valence-corrected chi connectivity index (χ2v) is 6.44. The Bertz CT molecular complexity index is 447. The molecule has 1 fully saturated rings. The van der Waals surface area contributed by atoms with Crippen molar-refractivity contribution in [2.24, 2.45) is 5.92 Å². The molecule has 0 radical (unpaired) electrons. The van der Waals surface area contributed by atoms with Gasteiger partial charge in [0.05, 0.1) is 22.0 Å². The molecule has 1 aliphatic rings. The molecule has 0 amide bonds. The van der Waals surface area contributed by atoms with Crippen LogP contribution in [0, 0.1) is 5.92 Å². The van der Waals surface area contributed by atoms with E-state index in [1.807, 2.05) is 7.11 Å². The maximum atomic E-state index is 5.61. The maximum absolute atomic E-state index is 5.61. The van der Waals surface area contributed by atoms with E-state index in [9.17, 15) is 0 Å². The molecule has 5 heteroatoms. The van der Waals surface area contributed by atoms with Crippen molar-refractivity contribution in [2.45, 2.75) is 52.8 Å². The normalized spacial score (nSPS) is 24.2. The number of rotatable bonds is 5. The largest absolute Gasteiger partial charge is 0.380 e. The van der Waals surface area contributed by atoms with Crippen LogP contribution >= 0.6 is 15.9 Å². The van der Waals surface area contributed by atoms with Gasteiger partial charge < -0.3 is 4.74 Å². The summed E-state index contributed by atoms with van der Waals surface area (Å²) in [5, 5.41) is 4.68. The van der Waals surface area contributed by atoms with Crippen molar-refractivity contribution in [1.82, 2.24) is 14.7 Å². The summed E-state index contributed by atoms with van der Waals surface area (Å²) in [6.07, 6.45) is 2.53. The van der Waals surface area contributed by atoms with Crippen molar-refractivity contribution < 1.29 is 4.74 Å². The van der Waals surface area contributed by atoms with Gasteiger partial charge >= 0.3 is 0 Å². The van der Waals surface area contributed by atoms with Gasteiger partial charge in [0, 0.05) is 26.7 Å². The standard InChI is InChI=1S/C15H26BrN3O/c1-5-12-15(16)13(19(6-2)17-12)9-18-8-7-11(3)14(10-18)20-4/h11,14H,5-10H2,1-4H3. The molecule has 4 nitrogen and oxygen atoms in total. The van der Waals surface area contributed by atoms with E-state index < -0.39 is 0 Å². The van der Waals surface area contributed by atoms with Gasteiger partial charge in [0.1, 0.15) is 0 Å². The molecule has 20 heavy (non-hydrogen) atoms. The molecule has 114 valence electrons. The second-order valence-electron chi connectivity index (χ2n) is 5.65. The van der Waals surface area contributed by atoms with Crippen molar-refractivity contribution in [1.29, 1.82) is 0 Å². The Kier molecular flexibility index (Phi) is 5.64. The van der Waals surface area contributed by atoms with Crippen LogP contribution in [0.5, 0.6) is 0 Å². The topological polar surface area (TPSA) is 30.3 Å². The summed E-state index contributed by atoms with van der Waals surface area (Å²) in [7, 11) is 1.83. The summed E-state index contributed by atoms with van der Waals surface area (Å²) in [4.78, 5) is 2.49.